The van der Waals surface area contributed by atoms with Crippen LogP contribution in [0, 0.1) is 27.7 Å². The Morgan fingerprint density at radius 3 is 2.20 bits per heavy atom. The van der Waals surface area contributed by atoms with Crippen molar-refractivity contribution in [3.8, 4) is 0 Å². The molecule has 0 unspecified atom stereocenters. The third kappa shape index (κ3) is 2.51. The highest BCUT2D eigenvalue weighted by molar-refractivity contribution is 7.97. The van der Waals surface area contributed by atoms with Crippen molar-refractivity contribution in [2.75, 3.05) is 0 Å². The molecule has 3 heteroatoms. The molecule has 0 spiro atoms. The van der Waals surface area contributed by atoms with Crippen LogP contribution in [-0.2, 0) is 0 Å². The number of ketones is 1. The van der Waals surface area contributed by atoms with E-state index in [2.05, 4.69) is 0 Å². The molecule has 0 bridgehead atoms. The molecule has 104 valence electrons. The first kappa shape index (κ1) is 14.8. The molecular formula is C17H19NOS. The lowest BCUT2D eigenvalue weighted by molar-refractivity contribution is 0.103. The molecule has 0 aliphatic rings. The van der Waals surface area contributed by atoms with Gasteiger partial charge < -0.3 is 0 Å². The van der Waals surface area contributed by atoms with Crippen molar-refractivity contribution in [2.45, 2.75) is 32.6 Å². The van der Waals surface area contributed by atoms with E-state index in [-0.39, 0.29) is 5.78 Å². The summed E-state index contributed by atoms with van der Waals surface area (Å²) in [5.74, 6) is 0.0837. The van der Waals surface area contributed by atoms with Crippen LogP contribution in [0.4, 0.5) is 0 Å². The molecule has 0 aromatic heterocycles. The van der Waals surface area contributed by atoms with Crippen LogP contribution < -0.4 is 5.14 Å². The van der Waals surface area contributed by atoms with Crippen molar-refractivity contribution in [3.63, 3.8) is 0 Å². The van der Waals surface area contributed by atoms with Crippen LogP contribution in [0.25, 0.3) is 0 Å². The Labute approximate surface area is 124 Å². The average molecular weight is 285 g/mol. The molecule has 0 aliphatic heterocycles. The molecule has 2 rings (SSSR count). The Kier molecular flexibility index (Phi) is 4.31. The van der Waals surface area contributed by atoms with Gasteiger partial charge in [-0.25, -0.2) is 0 Å². The monoisotopic (exact) mass is 285 g/mol. The van der Waals surface area contributed by atoms with Gasteiger partial charge in [0.1, 0.15) is 0 Å². The second kappa shape index (κ2) is 5.81. The van der Waals surface area contributed by atoms with E-state index < -0.39 is 0 Å². The molecule has 2 nitrogen and oxygen atoms in total. The summed E-state index contributed by atoms with van der Waals surface area (Å²) in [6.45, 7) is 8.01. The zero-order chi connectivity index (χ0) is 14.9. The number of benzene rings is 2. The predicted molar refractivity (Wildman–Crippen MR) is 85.3 cm³/mol. The summed E-state index contributed by atoms with van der Waals surface area (Å²) >= 11 is 1.22. The molecule has 2 aromatic rings. The van der Waals surface area contributed by atoms with Crippen molar-refractivity contribution >= 4 is 17.7 Å². The second-order valence-electron chi connectivity index (χ2n) is 5.06. The van der Waals surface area contributed by atoms with Crippen LogP contribution in [-0.4, -0.2) is 5.78 Å². The average Bonchev–Trinajstić information content (AvgIpc) is 2.44. The smallest absolute Gasteiger partial charge is 0.193 e. The van der Waals surface area contributed by atoms with Crippen LogP contribution >= 0.6 is 11.9 Å². The molecule has 0 aliphatic carbocycles. The number of rotatable bonds is 3. The standard InChI is InChI=1S/C17H19NOS/c1-10-6-5-7-14(11(10)2)17(19)15-8-9-16(20-18)13(4)12(15)3/h5-9H,18H2,1-4H3. The third-order valence-corrected chi connectivity index (χ3v) is 4.65. The van der Waals surface area contributed by atoms with Gasteiger partial charge >= 0.3 is 0 Å². The van der Waals surface area contributed by atoms with E-state index in [4.69, 9.17) is 5.14 Å². The fourth-order valence-electron chi connectivity index (χ4n) is 2.31. The van der Waals surface area contributed by atoms with Crippen LogP contribution in [0.2, 0.25) is 0 Å². The van der Waals surface area contributed by atoms with Crippen LogP contribution in [0.3, 0.4) is 0 Å². The minimum atomic E-state index is 0.0837. The Hall–Kier alpha value is -1.58. The predicted octanol–water partition coefficient (Wildman–Crippen LogP) is 4.12. The largest absolute Gasteiger partial charge is 0.289 e. The molecule has 2 N–H and O–H groups in total. The summed E-state index contributed by atoms with van der Waals surface area (Å²) in [7, 11) is 0. The quantitative estimate of drug-likeness (QED) is 0.681. The maximum atomic E-state index is 12.8. The van der Waals surface area contributed by atoms with Gasteiger partial charge in [0, 0.05) is 16.0 Å². The van der Waals surface area contributed by atoms with E-state index in [1.54, 1.807) is 0 Å². The number of hydrogen-bond acceptors (Lipinski definition) is 3. The topological polar surface area (TPSA) is 43.1 Å². The van der Waals surface area contributed by atoms with Crippen molar-refractivity contribution in [1.82, 2.24) is 0 Å². The number of carbonyl (C=O) groups is 1. The Balaban J connectivity index is 2.55. The van der Waals surface area contributed by atoms with Gasteiger partial charge in [-0.15, -0.1) is 0 Å². The first-order chi connectivity index (χ1) is 9.47. The normalized spacial score (nSPS) is 10.7. The van der Waals surface area contributed by atoms with Gasteiger partial charge in [0.25, 0.3) is 0 Å². The lowest BCUT2D eigenvalue weighted by Crippen LogP contribution is -2.08. The highest BCUT2D eigenvalue weighted by atomic mass is 32.2. The minimum Gasteiger partial charge on any atom is -0.289 e. The van der Waals surface area contributed by atoms with Crippen molar-refractivity contribution in [2.24, 2.45) is 5.14 Å². The molecule has 0 atom stereocenters. The molecule has 0 saturated heterocycles. The summed E-state index contributed by atoms with van der Waals surface area (Å²) in [5.41, 5.74) is 5.81. The molecular weight excluding hydrogens is 266 g/mol. The number of nitrogens with two attached hydrogens (primary N) is 1. The second-order valence-corrected chi connectivity index (χ2v) is 5.73. The summed E-state index contributed by atoms with van der Waals surface area (Å²) in [4.78, 5) is 13.8. The van der Waals surface area contributed by atoms with E-state index >= 15 is 0 Å². The Morgan fingerprint density at radius 1 is 0.900 bits per heavy atom. The van der Waals surface area contributed by atoms with Crippen molar-refractivity contribution < 1.29 is 4.79 Å². The van der Waals surface area contributed by atoms with Gasteiger partial charge in [-0.05, 0) is 74.0 Å². The van der Waals surface area contributed by atoms with Gasteiger partial charge in [-0.3, -0.25) is 9.93 Å². The fraction of sp³-hybridized carbons (Fsp3) is 0.235. The molecule has 2 aromatic carbocycles. The molecule has 0 amide bonds. The highest BCUT2D eigenvalue weighted by Crippen LogP contribution is 2.26. The molecule has 0 fully saturated rings. The third-order valence-electron chi connectivity index (χ3n) is 3.96. The summed E-state index contributed by atoms with van der Waals surface area (Å²) < 4.78 is 0. The fourth-order valence-corrected chi connectivity index (χ4v) is 2.79. The number of aryl methyl sites for hydroxylation is 1. The van der Waals surface area contributed by atoms with Gasteiger partial charge in [0.2, 0.25) is 0 Å². The highest BCUT2D eigenvalue weighted by Gasteiger charge is 2.16. The first-order valence-electron chi connectivity index (χ1n) is 6.55. The van der Waals surface area contributed by atoms with Gasteiger partial charge in [-0.2, -0.15) is 0 Å². The Bertz CT molecular complexity index is 677. The Morgan fingerprint density at radius 2 is 1.55 bits per heavy atom. The summed E-state index contributed by atoms with van der Waals surface area (Å²) in [5, 5.41) is 5.63. The van der Waals surface area contributed by atoms with Gasteiger partial charge in [0.05, 0.1) is 0 Å². The minimum absolute atomic E-state index is 0.0837. The van der Waals surface area contributed by atoms with Gasteiger partial charge in [-0.1, -0.05) is 18.2 Å². The van der Waals surface area contributed by atoms with E-state index in [9.17, 15) is 4.79 Å². The maximum Gasteiger partial charge on any atom is 0.193 e. The first-order valence-corrected chi connectivity index (χ1v) is 7.43. The van der Waals surface area contributed by atoms with E-state index in [0.29, 0.717) is 0 Å². The summed E-state index contributed by atoms with van der Waals surface area (Å²) in [6, 6.07) is 9.65. The molecule has 0 heterocycles. The van der Waals surface area contributed by atoms with E-state index in [0.717, 1.165) is 38.3 Å². The van der Waals surface area contributed by atoms with Crippen molar-refractivity contribution in [3.05, 3.63) is 63.7 Å². The van der Waals surface area contributed by atoms with Gasteiger partial charge in [0.15, 0.2) is 5.78 Å². The lowest BCUT2D eigenvalue weighted by atomic mass is 9.92. The molecule has 20 heavy (non-hydrogen) atoms. The molecule has 0 saturated carbocycles. The van der Waals surface area contributed by atoms with E-state index in [1.165, 1.54) is 11.9 Å². The lowest BCUT2D eigenvalue weighted by Gasteiger charge is -2.13. The zero-order valence-corrected chi connectivity index (χ0v) is 13.1. The summed E-state index contributed by atoms with van der Waals surface area (Å²) in [6.07, 6.45) is 0. The zero-order valence-electron chi connectivity index (χ0n) is 12.3. The van der Waals surface area contributed by atoms with E-state index in [1.807, 2.05) is 58.0 Å². The van der Waals surface area contributed by atoms with Crippen molar-refractivity contribution in [1.29, 1.82) is 0 Å². The van der Waals surface area contributed by atoms with Crippen LogP contribution in [0.5, 0.6) is 0 Å². The maximum absolute atomic E-state index is 12.8. The van der Waals surface area contributed by atoms with Crippen LogP contribution in [0.15, 0.2) is 35.2 Å². The molecule has 0 radical (unpaired) electrons. The number of carbonyl (C=O) groups excluding carboxylic acids is 1. The SMILES string of the molecule is Cc1cccc(C(=O)c2ccc(SN)c(C)c2C)c1C. The van der Waals surface area contributed by atoms with Crippen LogP contribution in [0.1, 0.15) is 38.2 Å². The number of hydrogen-bond donors (Lipinski definition) is 1.